The van der Waals surface area contributed by atoms with Crippen molar-refractivity contribution in [3.8, 4) is 0 Å². The molecular formula is C18H20N4O4. The van der Waals surface area contributed by atoms with Gasteiger partial charge in [0.15, 0.2) is 0 Å². The van der Waals surface area contributed by atoms with Gasteiger partial charge in [-0.3, -0.25) is 18.8 Å². The van der Waals surface area contributed by atoms with Gasteiger partial charge in [0, 0.05) is 24.4 Å². The van der Waals surface area contributed by atoms with Crippen molar-refractivity contribution in [1.82, 2.24) is 20.0 Å². The highest BCUT2D eigenvalue weighted by Crippen LogP contribution is 2.28. The monoisotopic (exact) mass is 356 g/mol. The van der Waals surface area contributed by atoms with Crippen molar-refractivity contribution in [2.45, 2.75) is 43.9 Å². The lowest BCUT2D eigenvalue weighted by atomic mass is 10.1. The van der Waals surface area contributed by atoms with Crippen molar-refractivity contribution < 1.29 is 14.7 Å². The molecule has 26 heavy (non-hydrogen) atoms. The van der Waals surface area contributed by atoms with Gasteiger partial charge in [-0.05, 0) is 37.8 Å². The highest BCUT2D eigenvalue weighted by atomic mass is 16.3. The predicted molar refractivity (Wildman–Crippen MR) is 92.6 cm³/mol. The molecule has 8 nitrogen and oxygen atoms in total. The standard InChI is InChI=1S/C18H20N4O4/c23-14-8-10(16(24)20-11-4-5-11)7-13(14)21-17(25)12-9-19-15-3-1-2-6-22(15)18(12)26/h1-3,6,9-11,13-14,23H,4-5,7-8H2,(H,20,24)(H,21,25)/t10-,13+,14+/m0/s1. The lowest BCUT2D eigenvalue weighted by molar-refractivity contribution is -0.125. The predicted octanol–water partition coefficient (Wildman–Crippen LogP) is -0.158. The van der Waals surface area contributed by atoms with Crippen molar-refractivity contribution in [2.24, 2.45) is 5.92 Å². The molecule has 2 aromatic heterocycles. The number of rotatable bonds is 4. The summed E-state index contributed by atoms with van der Waals surface area (Å²) >= 11 is 0. The maximum absolute atomic E-state index is 12.5. The molecule has 0 unspecified atom stereocenters. The highest BCUT2D eigenvalue weighted by Gasteiger charge is 2.39. The fourth-order valence-electron chi connectivity index (χ4n) is 3.36. The van der Waals surface area contributed by atoms with Gasteiger partial charge < -0.3 is 15.7 Å². The van der Waals surface area contributed by atoms with Gasteiger partial charge in [0.1, 0.15) is 11.2 Å². The third kappa shape index (κ3) is 3.20. The number of pyridine rings is 1. The van der Waals surface area contributed by atoms with Gasteiger partial charge in [-0.25, -0.2) is 4.98 Å². The molecule has 2 aromatic rings. The van der Waals surface area contributed by atoms with Gasteiger partial charge >= 0.3 is 0 Å². The molecule has 4 rings (SSSR count). The van der Waals surface area contributed by atoms with Gasteiger partial charge in [-0.2, -0.15) is 0 Å². The summed E-state index contributed by atoms with van der Waals surface area (Å²) in [5, 5.41) is 15.8. The number of carbonyl (C=O) groups is 2. The first-order valence-electron chi connectivity index (χ1n) is 8.78. The van der Waals surface area contributed by atoms with E-state index in [4.69, 9.17) is 0 Å². The van der Waals surface area contributed by atoms with Crippen LogP contribution in [0.25, 0.3) is 5.65 Å². The van der Waals surface area contributed by atoms with E-state index in [0.717, 1.165) is 12.8 Å². The van der Waals surface area contributed by atoms with E-state index in [9.17, 15) is 19.5 Å². The summed E-state index contributed by atoms with van der Waals surface area (Å²) in [4.78, 5) is 41.2. The van der Waals surface area contributed by atoms with Crippen LogP contribution in [0.5, 0.6) is 0 Å². The largest absolute Gasteiger partial charge is 0.391 e. The Balaban J connectivity index is 1.47. The summed E-state index contributed by atoms with van der Waals surface area (Å²) in [5.41, 5.74) is -0.109. The summed E-state index contributed by atoms with van der Waals surface area (Å²) in [6, 6.07) is 4.81. The summed E-state index contributed by atoms with van der Waals surface area (Å²) < 4.78 is 1.30. The summed E-state index contributed by atoms with van der Waals surface area (Å²) in [6.45, 7) is 0. The molecule has 2 heterocycles. The molecule has 0 aromatic carbocycles. The Bertz CT molecular complexity index is 921. The highest BCUT2D eigenvalue weighted by molar-refractivity contribution is 5.94. The molecule has 3 N–H and O–H groups in total. The van der Waals surface area contributed by atoms with E-state index in [2.05, 4.69) is 15.6 Å². The van der Waals surface area contributed by atoms with E-state index in [1.165, 1.54) is 10.6 Å². The number of aromatic nitrogens is 2. The van der Waals surface area contributed by atoms with Gasteiger partial charge in [0.25, 0.3) is 11.5 Å². The van der Waals surface area contributed by atoms with E-state index in [1.54, 1.807) is 24.4 Å². The van der Waals surface area contributed by atoms with Crippen molar-refractivity contribution in [2.75, 3.05) is 0 Å². The smallest absolute Gasteiger partial charge is 0.270 e. The zero-order valence-electron chi connectivity index (χ0n) is 14.1. The molecule has 0 spiro atoms. The zero-order valence-corrected chi connectivity index (χ0v) is 14.1. The van der Waals surface area contributed by atoms with Gasteiger partial charge in [-0.1, -0.05) is 6.07 Å². The molecule has 2 aliphatic rings. The second kappa shape index (κ2) is 6.53. The van der Waals surface area contributed by atoms with Crippen LogP contribution in [0.3, 0.4) is 0 Å². The zero-order chi connectivity index (χ0) is 18.3. The van der Waals surface area contributed by atoms with Gasteiger partial charge in [0.05, 0.1) is 12.1 Å². The van der Waals surface area contributed by atoms with Crippen LogP contribution in [0.1, 0.15) is 36.0 Å². The fourth-order valence-corrected chi connectivity index (χ4v) is 3.36. The number of fused-ring (bicyclic) bond motifs is 1. The topological polar surface area (TPSA) is 113 Å². The molecule has 2 fully saturated rings. The van der Waals surface area contributed by atoms with Crippen LogP contribution in [-0.4, -0.2) is 44.5 Å². The number of aliphatic hydroxyl groups is 1. The molecule has 2 saturated carbocycles. The first-order valence-corrected chi connectivity index (χ1v) is 8.78. The Morgan fingerprint density at radius 1 is 1.19 bits per heavy atom. The molecule has 8 heteroatoms. The molecule has 0 bridgehead atoms. The Kier molecular flexibility index (Phi) is 4.20. The van der Waals surface area contributed by atoms with Crippen LogP contribution in [0.4, 0.5) is 0 Å². The number of hydrogen-bond donors (Lipinski definition) is 3. The molecule has 0 aliphatic heterocycles. The minimum atomic E-state index is -0.815. The molecular weight excluding hydrogens is 336 g/mol. The first kappa shape index (κ1) is 16.7. The van der Waals surface area contributed by atoms with Crippen molar-refractivity contribution >= 4 is 17.5 Å². The number of aliphatic hydroxyl groups excluding tert-OH is 1. The maximum atomic E-state index is 12.5. The minimum absolute atomic E-state index is 0.0734. The van der Waals surface area contributed by atoms with Crippen LogP contribution >= 0.6 is 0 Å². The Morgan fingerprint density at radius 3 is 2.77 bits per heavy atom. The Morgan fingerprint density at radius 2 is 2.00 bits per heavy atom. The lowest BCUT2D eigenvalue weighted by Crippen LogP contribution is -2.42. The van der Waals surface area contributed by atoms with Crippen LogP contribution in [0.15, 0.2) is 35.4 Å². The van der Waals surface area contributed by atoms with E-state index in [-0.39, 0.29) is 23.4 Å². The average molecular weight is 356 g/mol. The summed E-state index contributed by atoms with van der Waals surface area (Å²) in [7, 11) is 0. The lowest BCUT2D eigenvalue weighted by Gasteiger charge is -2.16. The molecule has 0 radical (unpaired) electrons. The summed E-state index contributed by atoms with van der Waals surface area (Å²) in [6.07, 6.45) is 4.63. The Labute approximate surface area is 149 Å². The van der Waals surface area contributed by atoms with Gasteiger partial charge in [0.2, 0.25) is 5.91 Å². The molecule has 0 saturated heterocycles. The SMILES string of the molecule is O=C(N[C@@H]1C[C@H](C(=O)NC2CC2)C[C@H]1O)c1cnc2ccccn2c1=O. The molecule has 136 valence electrons. The molecule has 3 atom stereocenters. The van der Waals surface area contributed by atoms with Crippen LogP contribution in [0, 0.1) is 5.92 Å². The Hall–Kier alpha value is -2.74. The van der Waals surface area contributed by atoms with Crippen LogP contribution in [0.2, 0.25) is 0 Å². The number of nitrogens with zero attached hydrogens (tertiary/aromatic N) is 2. The fraction of sp³-hybridized carbons (Fsp3) is 0.444. The van der Waals surface area contributed by atoms with E-state index in [0.29, 0.717) is 18.5 Å². The maximum Gasteiger partial charge on any atom is 0.270 e. The van der Waals surface area contributed by atoms with Crippen LogP contribution < -0.4 is 16.2 Å². The van der Waals surface area contributed by atoms with E-state index in [1.807, 2.05) is 0 Å². The first-order chi connectivity index (χ1) is 12.5. The minimum Gasteiger partial charge on any atom is -0.391 e. The van der Waals surface area contributed by atoms with E-state index < -0.39 is 23.6 Å². The summed E-state index contributed by atoms with van der Waals surface area (Å²) in [5.74, 6) is -0.990. The molecule has 2 aliphatic carbocycles. The van der Waals surface area contributed by atoms with Crippen LogP contribution in [-0.2, 0) is 4.79 Å². The van der Waals surface area contributed by atoms with Crippen molar-refractivity contribution in [1.29, 1.82) is 0 Å². The van der Waals surface area contributed by atoms with Crippen molar-refractivity contribution in [3.05, 3.63) is 46.5 Å². The number of carbonyl (C=O) groups excluding carboxylic acids is 2. The van der Waals surface area contributed by atoms with Crippen molar-refractivity contribution in [3.63, 3.8) is 0 Å². The second-order valence-corrected chi connectivity index (χ2v) is 7.00. The number of nitrogens with one attached hydrogen (secondary N) is 2. The normalized spacial score (nSPS) is 25.2. The van der Waals surface area contributed by atoms with Gasteiger partial charge in [-0.15, -0.1) is 0 Å². The average Bonchev–Trinajstić information content (AvgIpc) is 3.37. The van der Waals surface area contributed by atoms with E-state index >= 15 is 0 Å². The quantitative estimate of drug-likeness (QED) is 0.705. The third-order valence-electron chi connectivity index (χ3n) is 5.00. The molecule has 2 amide bonds. The number of hydrogen-bond acceptors (Lipinski definition) is 5. The number of amides is 2. The third-order valence-corrected chi connectivity index (χ3v) is 5.00. The second-order valence-electron chi connectivity index (χ2n) is 7.00.